The highest BCUT2D eigenvalue weighted by atomic mass is 35.5. The monoisotopic (exact) mass is 389 g/mol. The van der Waals surface area contributed by atoms with Crippen molar-refractivity contribution in [2.75, 3.05) is 5.32 Å². The van der Waals surface area contributed by atoms with Crippen LogP contribution in [0.1, 0.15) is 27.0 Å². The predicted molar refractivity (Wildman–Crippen MR) is 114 cm³/mol. The maximum Gasteiger partial charge on any atom is 0.255 e. The first-order chi connectivity index (χ1) is 13.5. The number of carbonyl (C=O) groups is 1. The van der Waals surface area contributed by atoms with Crippen molar-refractivity contribution < 1.29 is 4.79 Å². The molecule has 0 radical (unpaired) electrons. The van der Waals surface area contributed by atoms with Crippen LogP contribution in [-0.4, -0.2) is 15.5 Å². The molecule has 0 saturated heterocycles. The molecule has 0 bridgehead atoms. The lowest BCUT2D eigenvalue weighted by molar-refractivity contribution is 0.102. The van der Waals surface area contributed by atoms with Gasteiger partial charge in [-0.15, -0.1) is 0 Å². The van der Waals surface area contributed by atoms with Gasteiger partial charge in [0.15, 0.2) is 0 Å². The molecule has 140 valence electrons. The average Bonchev–Trinajstić information content (AvgIpc) is 3.10. The third kappa shape index (κ3) is 3.51. The van der Waals surface area contributed by atoms with Crippen LogP contribution in [0.15, 0.2) is 67.0 Å². The van der Waals surface area contributed by atoms with Crippen molar-refractivity contribution >= 4 is 34.2 Å². The fourth-order valence-electron chi connectivity index (χ4n) is 3.26. The predicted octanol–water partition coefficient (Wildman–Crippen LogP) is 5.61. The van der Waals surface area contributed by atoms with Crippen LogP contribution in [0, 0.1) is 13.8 Å². The highest BCUT2D eigenvalue weighted by Gasteiger charge is 2.16. The van der Waals surface area contributed by atoms with Gasteiger partial charge >= 0.3 is 0 Å². The molecule has 28 heavy (non-hydrogen) atoms. The van der Waals surface area contributed by atoms with Crippen LogP contribution in [0.2, 0.25) is 5.02 Å². The maximum atomic E-state index is 12.7. The zero-order valence-corrected chi connectivity index (χ0v) is 16.5. The molecule has 0 aliphatic heterocycles. The van der Waals surface area contributed by atoms with Crippen molar-refractivity contribution in [1.82, 2.24) is 9.55 Å². The van der Waals surface area contributed by atoms with Crippen LogP contribution in [0.3, 0.4) is 0 Å². The van der Waals surface area contributed by atoms with Crippen molar-refractivity contribution in [2.45, 2.75) is 20.4 Å². The van der Waals surface area contributed by atoms with Gasteiger partial charge in [0, 0.05) is 17.1 Å². The van der Waals surface area contributed by atoms with Crippen molar-refractivity contribution in [2.24, 2.45) is 0 Å². The topological polar surface area (TPSA) is 46.9 Å². The molecular weight excluding hydrogens is 370 g/mol. The molecule has 4 rings (SSSR count). The molecule has 4 aromatic rings. The molecule has 1 heterocycles. The van der Waals surface area contributed by atoms with Crippen LogP contribution in [0.5, 0.6) is 0 Å². The zero-order chi connectivity index (χ0) is 19.7. The van der Waals surface area contributed by atoms with E-state index in [1.165, 1.54) is 0 Å². The Morgan fingerprint density at radius 2 is 1.79 bits per heavy atom. The first-order valence-electron chi connectivity index (χ1n) is 9.09. The Kier molecular flexibility index (Phi) is 4.88. The Labute approximate surface area is 168 Å². The molecule has 3 aromatic carbocycles. The van der Waals surface area contributed by atoms with Gasteiger partial charge in [-0.1, -0.05) is 41.9 Å². The van der Waals surface area contributed by atoms with E-state index in [9.17, 15) is 4.79 Å². The van der Waals surface area contributed by atoms with Crippen molar-refractivity contribution in [3.05, 3.63) is 94.3 Å². The maximum absolute atomic E-state index is 12.7. The number of hydrogen-bond donors (Lipinski definition) is 1. The largest absolute Gasteiger partial charge is 0.326 e. The van der Waals surface area contributed by atoms with Crippen molar-refractivity contribution in [3.63, 3.8) is 0 Å². The normalized spacial score (nSPS) is 11.0. The number of rotatable bonds is 4. The van der Waals surface area contributed by atoms with Gasteiger partial charge in [0.2, 0.25) is 0 Å². The van der Waals surface area contributed by atoms with Crippen LogP contribution < -0.4 is 5.32 Å². The van der Waals surface area contributed by atoms with Gasteiger partial charge in [-0.2, -0.15) is 0 Å². The summed E-state index contributed by atoms with van der Waals surface area (Å²) in [6.45, 7) is 4.74. The van der Waals surface area contributed by atoms with Crippen molar-refractivity contribution in [1.29, 1.82) is 0 Å². The minimum Gasteiger partial charge on any atom is -0.326 e. The summed E-state index contributed by atoms with van der Waals surface area (Å²) in [7, 11) is 0. The number of hydrogen-bond acceptors (Lipinski definition) is 2. The van der Waals surface area contributed by atoms with Crippen LogP contribution in [-0.2, 0) is 6.54 Å². The summed E-state index contributed by atoms with van der Waals surface area (Å²) in [5.74, 6) is -0.136. The lowest BCUT2D eigenvalue weighted by Crippen LogP contribution is -2.13. The molecule has 4 nitrogen and oxygen atoms in total. The third-order valence-electron chi connectivity index (χ3n) is 4.98. The molecular formula is C23H20ClN3O. The Hall–Kier alpha value is -3.11. The van der Waals surface area contributed by atoms with E-state index in [2.05, 4.69) is 20.9 Å². The number of amides is 1. The van der Waals surface area contributed by atoms with E-state index in [4.69, 9.17) is 11.6 Å². The molecule has 0 aliphatic carbocycles. The summed E-state index contributed by atoms with van der Waals surface area (Å²) in [6.07, 6.45) is 1.82. The minimum absolute atomic E-state index is 0.136. The Balaban J connectivity index is 1.73. The smallest absolute Gasteiger partial charge is 0.255 e. The highest BCUT2D eigenvalue weighted by molar-refractivity contribution is 6.30. The number of anilines is 1. The average molecular weight is 390 g/mol. The molecule has 0 fully saturated rings. The molecule has 0 unspecified atom stereocenters. The molecule has 1 N–H and O–H groups in total. The summed E-state index contributed by atoms with van der Waals surface area (Å²) < 4.78 is 2.09. The number of nitrogens with one attached hydrogen (secondary N) is 1. The van der Waals surface area contributed by atoms with E-state index < -0.39 is 0 Å². The van der Waals surface area contributed by atoms with E-state index in [-0.39, 0.29) is 5.91 Å². The van der Waals surface area contributed by atoms with Gasteiger partial charge in [-0.3, -0.25) is 4.79 Å². The van der Waals surface area contributed by atoms with Crippen molar-refractivity contribution in [3.8, 4) is 0 Å². The number of benzene rings is 3. The van der Waals surface area contributed by atoms with Gasteiger partial charge in [-0.05, 0) is 60.9 Å². The van der Waals surface area contributed by atoms with E-state index in [0.717, 1.165) is 38.4 Å². The van der Waals surface area contributed by atoms with E-state index in [1.54, 1.807) is 12.1 Å². The Bertz CT molecular complexity index is 1150. The molecule has 1 aromatic heterocycles. The number of nitrogens with zero attached hydrogens (tertiary/aromatic N) is 2. The number of carbonyl (C=O) groups excluding carboxylic acids is 1. The Morgan fingerprint density at radius 1 is 1.07 bits per heavy atom. The third-order valence-corrected chi connectivity index (χ3v) is 5.23. The summed E-state index contributed by atoms with van der Waals surface area (Å²) in [5, 5.41) is 3.78. The summed E-state index contributed by atoms with van der Waals surface area (Å²) >= 11 is 5.99. The zero-order valence-electron chi connectivity index (χ0n) is 15.7. The molecule has 0 atom stereocenters. The van der Waals surface area contributed by atoms with E-state index in [0.29, 0.717) is 12.1 Å². The fraction of sp³-hybridized carbons (Fsp3) is 0.130. The summed E-state index contributed by atoms with van der Waals surface area (Å²) in [6, 6.07) is 19.1. The number of halogens is 1. The molecule has 0 spiro atoms. The van der Waals surface area contributed by atoms with Crippen LogP contribution in [0.4, 0.5) is 5.69 Å². The van der Waals surface area contributed by atoms with Gasteiger partial charge in [0.1, 0.15) is 5.52 Å². The molecule has 0 aliphatic rings. The fourth-order valence-corrected chi connectivity index (χ4v) is 3.39. The van der Waals surface area contributed by atoms with Gasteiger partial charge in [0.05, 0.1) is 17.5 Å². The second-order valence-corrected chi connectivity index (χ2v) is 7.32. The quantitative estimate of drug-likeness (QED) is 0.493. The van der Waals surface area contributed by atoms with E-state index in [1.807, 2.05) is 62.6 Å². The second kappa shape index (κ2) is 7.49. The number of aromatic nitrogens is 2. The SMILES string of the molecule is Cc1cc2c(ncn2Cc2ccc(Cl)cc2)c(NC(=O)c2ccccc2)c1C. The first-order valence-corrected chi connectivity index (χ1v) is 9.46. The molecule has 1 amide bonds. The van der Waals surface area contributed by atoms with E-state index >= 15 is 0 Å². The summed E-state index contributed by atoms with van der Waals surface area (Å²) in [5.41, 5.74) is 6.43. The standard InChI is InChI=1S/C23H20ClN3O/c1-15-12-20-22(25-14-27(20)13-17-8-10-19(24)11-9-17)21(16(15)2)26-23(28)18-6-4-3-5-7-18/h3-12,14H,13H2,1-2H3,(H,26,28). The van der Waals surface area contributed by atoms with Gasteiger partial charge in [-0.25, -0.2) is 4.98 Å². The first kappa shape index (κ1) is 18.3. The minimum atomic E-state index is -0.136. The number of aryl methyl sites for hydroxylation is 1. The van der Waals surface area contributed by atoms with Gasteiger partial charge in [0.25, 0.3) is 5.91 Å². The van der Waals surface area contributed by atoms with Crippen LogP contribution in [0.25, 0.3) is 11.0 Å². The summed E-state index contributed by atoms with van der Waals surface area (Å²) in [4.78, 5) is 17.3. The van der Waals surface area contributed by atoms with Crippen LogP contribution >= 0.6 is 11.6 Å². The Morgan fingerprint density at radius 3 is 2.50 bits per heavy atom. The second-order valence-electron chi connectivity index (χ2n) is 6.88. The lowest BCUT2D eigenvalue weighted by Gasteiger charge is -2.13. The highest BCUT2D eigenvalue weighted by Crippen LogP contribution is 2.30. The molecule has 5 heteroatoms. The number of fused-ring (bicyclic) bond motifs is 1. The van der Waals surface area contributed by atoms with Gasteiger partial charge < -0.3 is 9.88 Å². The number of imidazole rings is 1. The molecule has 0 saturated carbocycles. The lowest BCUT2D eigenvalue weighted by atomic mass is 10.1.